The molecule has 0 amide bonds. The molecule has 0 aliphatic rings. The summed E-state index contributed by atoms with van der Waals surface area (Å²) in [7, 11) is -0.128. The summed E-state index contributed by atoms with van der Waals surface area (Å²) in [4.78, 5) is 11.1. The molecule has 0 bridgehead atoms. The highest BCUT2D eigenvalue weighted by molar-refractivity contribution is 6.58. The van der Waals surface area contributed by atoms with Crippen LogP contribution in [0, 0.1) is 0 Å². The van der Waals surface area contributed by atoms with Crippen LogP contribution >= 0.6 is 0 Å². The van der Waals surface area contributed by atoms with Crippen molar-refractivity contribution in [1.82, 2.24) is 0 Å². The molecule has 0 saturated heterocycles. The zero-order valence-corrected chi connectivity index (χ0v) is 11.9. The van der Waals surface area contributed by atoms with E-state index in [-0.39, 0.29) is 11.0 Å². The molecular weight excluding hydrogens is 283 g/mol. The zero-order chi connectivity index (χ0) is 16.1. The lowest BCUT2D eigenvalue weighted by molar-refractivity contribution is 0.0697. The van der Waals surface area contributed by atoms with Crippen LogP contribution in [-0.2, 0) is 0 Å². The largest absolute Gasteiger partial charge is 0.497 e. The zero-order valence-electron chi connectivity index (χ0n) is 11.9. The van der Waals surface area contributed by atoms with Gasteiger partial charge in [0.1, 0.15) is 5.75 Å². The summed E-state index contributed by atoms with van der Waals surface area (Å²) in [5.74, 6) is -0.377. The van der Waals surface area contributed by atoms with Gasteiger partial charge in [0.25, 0.3) is 0 Å². The van der Waals surface area contributed by atoms with Gasteiger partial charge in [0.15, 0.2) is 0 Å². The molecule has 22 heavy (non-hydrogen) atoms. The number of ether oxygens (including phenoxy) is 1. The molecule has 0 aliphatic carbocycles. The molecule has 112 valence electrons. The van der Waals surface area contributed by atoms with Crippen molar-refractivity contribution in [3.8, 4) is 5.75 Å². The highest BCUT2D eigenvalue weighted by atomic mass is 16.5. The first-order chi connectivity index (χ1) is 10.5. The molecule has 0 fully saturated rings. The predicted octanol–water partition coefficient (Wildman–Crippen LogP) is 1.24. The fraction of sp³-hybridized carbons (Fsp3) is 0.0625. The third-order valence-corrected chi connectivity index (χ3v) is 3.11. The van der Waals surface area contributed by atoms with Gasteiger partial charge in [-0.1, -0.05) is 30.4 Å². The van der Waals surface area contributed by atoms with Gasteiger partial charge >= 0.3 is 13.1 Å². The summed E-state index contributed by atoms with van der Waals surface area (Å²) in [6.45, 7) is 0. The lowest BCUT2D eigenvalue weighted by atomic mass is 9.78. The minimum atomic E-state index is -1.72. The Labute approximate surface area is 128 Å². The Morgan fingerprint density at radius 3 is 2.23 bits per heavy atom. The standard InChI is InChI=1S/C16H15BO5/c1-22-15-6-4-11(5-7-15)2-3-12-8-13(16(18)19)10-14(9-12)17(20)21/h2-10,20-21H,1H3,(H,18,19)/b3-2+. The normalized spacial score (nSPS) is 10.7. The lowest BCUT2D eigenvalue weighted by Gasteiger charge is -2.04. The first-order valence-electron chi connectivity index (χ1n) is 6.56. The van der Waals surface area contributed by atoms with Crippen molar-refractivity contribution in [3.05, 3.63) is 59.2 Å². The van der Waals surface area contributed by atoms with Crippen molar-refractivity contribution in [1.29, 1.82) is 0 Å². The molecule has 0 spiro atoms. The maximum atomic E-state index is 11.1. The van der Waals surface area contributed by atoms with E-state index in [0.29, 0.717) is 5.56 Å². The molecule has 6 heteroatoms. The summed E-state index contributed by atoms with van der Waals surface area (Å²) in [5, 5.41) is 27.5. The van der Waals surface area contributed by atoms with Crippen molar-refractivity contribution in [2.45, 2.75) is 0 Å². The number of carboxylic acids is 1. The third kappa shape index (κ3) is 3.97. The Morgan fingerprint density at radius 2 is 1.68 bits per heavy atom. The maximum Gasteiger partial charge on any atom is 0.488 e. The number of rotatable bonds is 5. The van der Waals surface area contributed by atoms with Gasteiger partial charge in [-0.3, -0.25) is 0 Å². The van der Waals surface area contributed by atoms with E-state index in [0.717, 1.165) is 11.3 Å². The Morgan fingerprint density at radius 1 is 1.05 bits per heavy atom. The van der Waals surface area contributed by atoms with Gasteiger partial charge in [0.2, 0.25) is 0 Å². The van der Waals surface area contributed by atoms with Gasteiger partial charge in [-0.05, 0) is 40.9 Å². The molecule has 0 heterocycles. The van der Waals surface area contributed by atoms with Crippen LogP contribution in [0.5, 0.6) is 5.75 Å². The number of hydrogen-bond donors (Lipinski definition) is 3. The van der Waals surface area contributed by atoms with E-state index in [1.54, 1.807) is 19.3 Å². The molecule has 0 aliphatic heterocycles. The highest BCUT2D eigenvalue weighted by Gasteiger charge is 2.14. The molecule has 3 N–H and O–H groups in total. The summed E-state index contributed by atoms with van der Waals surface area (Å²) >= 11 is 0. The number of hydrogen-bond acceptors (Lipinski definition) is 4. The van der Waals surface area contributed by atoms with Gasteiger partial charge in [-0.15, -0.1) is 0 Å². The van der Waals surface area contributed by atoms with Gasteiger partial charge in [0, 0.05) is 0 Å². The van der Waals surface area contributed by atoms with Crippen LogP contribution in [0.25, 0.3) is 12.2 Å². The monoisotopic (exact) mass is 298 g/mol. The van der Waals surface area contributed by atoms with Crippen molar-refractivity contribution < 1.29 is 24.7 Å². The minimum absolute atomic E-state index is 0.0000177. The SMILES string of the molecule is COc1ccc(/C=C/c2cc(B(O)O)cc(C(=O)O)c2)cc1. The van der Waals surface area contributed by atoms with E-state index in [4.69, 9.17) is 9.84 Å². The Bertz CT molecular complexity index is 692. The molecule has 2 aromatic rings. The van der Waals surface area contributed by atoms with Crippen LogP contribution < -0.4 is 10.2 Å². The van der Waals surface area contributed by atoms with Gasteiger partial charge in [-0.25, -0.2) is 4.79 Å². The van der Waals surface area contributed by atoms with Crippen molar-refractivity contribution in [3.63, 3.8) is 0 Å². The van der Waals surface area contributed by atoms with Gasteiger partial charge in [0.05, 0.1) is 12.7 Å². The van der Waals surface area contributed by atoms with Gasteiger partial charge < -0.3 is 19.9 Å². The van der Waals surface area contributed by atoms with Crippen molar-refractivity contribution in [2.24, 2.45) is 0 Å². The Kier molecular flexibility index (Phi) is 4.98. The molecule has 0 saturated carbocycles. The first kappa shape index (κ1) is 15.8. The van der Waals surface area contributed by atoms with Crippen LogP contribution in [0.4, 0.5) is 0 Å². The number of carbonyl (C=O) groups is 1. The molecule has 0 atom stereocenters. The van der Waals surface area contributed by atoms with Crippen LogP contribution in [0.3, 0.4) is 0 Å². The number of benzene rings is 2. The number of methoxy groups -OCH3 is 1. The summed E-state index contributed by atoms with van der Waals surface area (Å²) in [5.41, 5.74) is 1.61. The quantitative estimate of drug-likeness (QED) is 0.571. The Balaban J connectivity index is 2.30. The molecular formula is C16H15BO5. The fourth-order valence-electron chi connectivity index (χ4n) is 1.95. The minimum Gasteiger partial charge on any atom is -0.497 e. The van der Waals surface area contributed by atoms with E-state index in [1.165, 1.54) is 18.2 Å². The molecule has 2 aromatic carbocycles. The van der Waals surface area contributed by atoms with Crippen molar-refractivity contribution >= 4 is 30.7 Å². The first-order valence-corrected chi connectivity index (χ1v) is 6.56. The lowest BCUT2D eigenvalue weighted by Crippen LogP contribution is -2.30. The Hall–Kier alpha value is -2.57. The predicted molar refractivity (Wildman–Crippen MR) is 85.1 cm³/mol. The topological polar surface area (TPSA) is 87.0 Å². The smallest absolute Gasteiger partial charge is 0.488 e. The molecule has 5 nitrogen and oxygen atoms in total. The fourth-order valence-corrected chi connectivity index (χ4v) is 1.95. The number of aromatic carboxylic acids is 1. The van der Waals surface area contributed by atoms with E-state index in [1.807, 2.05) is 24.3 Å². The van der Waals surface area contributed by atoms with Crippen LogP contribution in [0.1, 0.15) is 21.5 Å². The molecule has 2 rings (SSSR count). The van der Waals surface area contributed by atoms with Crippen LogP contribution in [0.15, 0.2) is 42.5 Å². The molecule has 0 unspecified atom stereocenters. The van der Waals surface area contributed by atoms with Gasteiger partial charge in [-0.2, -0.15) is 0 Å². The van der Waals surface area contributed by atoms with Crippen molar-refractivity contribution in [2.75, 3.05) is 7.11 Å². The number of carboxylic acid groups (broad SMARTS) is 1. The second-order valence-electron chi connectivity index (χ2n) is 4.67. The summed E-state index contributed by atoms with van der Waals surface area (Å²) in [6.07, 6.45) is 3.51. The highest BCUT2D eigenvalue weighted by Crippen LogP contribution is 2.14. The van der Waals surface area contributed by atoms with Crippen LogP contribution in [-0.4, -0.2) is 35.4 Å². The van der Waals surface area contributed by atoms with E-state index >= 15 is 0 Å². The third-order valence-electron chi connectivity index (χ3n) is 3.11. The van der Waals surface area contributed by atoms with E-state index < -0.39 is 13.1 Å². The summed E-state index contributed by atoms with van der Waals surface area (Å²) < 4.78 is 5.07. The maximum absolute atomic E-state index is 11.1. The average Bonchev–Trinajstić information content (AvgIpc) is 2.53. The molecule has 0 radical (unpaired) electrons. The van der Waals surface area contributed by atoms with Crippen LogP contribution in [0.2, 0.25) is 0 Å². The molecule has 0 aromatic heterocycles. The second kappa shape index (κ2) is 6.93. The summed E-state index contributed by atoms with van der Waals surface area (Å²) in [6, 6.07) is 11.6. The van der Waals surface area contributed by atoms with E-state index in [9.17, 15) is 14.8 Å². The second-order valence-corrected chi connectivity index (χ2v) is 4.67. The van der Waals surface area contributed by atoms with E-state index in [2.05, 4.69) is 0 Å². The average molecular weight is 298 g/mol.